The Morgan fingerprint density at radius 1 is 0.885 bits per heavy atom. The molecule has 3 amide bonds. The molecular formula is C20H21N3O3. The van der Waals surface area contributed by atoms with Gasteiger partial charge in [0, 0.05) is 24.7 Å². The molecule has 134 valence electrons. The highest BCUT2D eigenvalue weighted by Gasteiger charge is 2.12. The van der Waals surface area contributed by atoms with E-state index < -0.39 is 5.91 Å². The Kier molecular flexibility index (Phi) is 6.68. The summed E-state index contributed by atoms with van der Waals surface area (Å²) in [4.78, 5) is 35.3. The van der Waals surface area contributed by atoms with Gasteiger partial charge in [-0.15, -0.1) is 0 Å². The first-order chi connectivity index (χ1) is 12.5. The van der Waals surface area contributed by atoms with Gasteiger partial charge in [-0.1, -0.05) is 37.3 Å². The second kappa shape index (κ2) is 9.17. The van der Waals surface area contributed by atoms with Gasteiger partial charge in [0.05, 0.1) is 0 Å². The maximum absolute atomic E-state index is 12.5. The van der Waals surface area contributed by atoms with E-state index in [4.69, 9.17) is 0 Å². The van der Waals surface area contributed by atoms with Gasteiger partial charge in [-0.3, -0.25) is 14.4 Å². The van der Waals surface area contributed by atoms with Crippen LogP contribution in [-0.2, 0) is 14.4 Å². The minimum Gasteiger partial charge on any atom is -0.326 e. The van der Waals surface area contributed by atoms with Crippen LogP contribution >= 0.6 is 0 Å². The highest BCUT2D eigenvalue weighted by atomic mass is 16.2. The maximum atomic E-state index is 12.5. The van der Waals surface area contributed by atoms with Crippen LogP contribution in [0.5, 0.6) is 0 Å². The number of hydrogen-bond acceptors (Lipinski definition) is 3. The van der Waals surface area contributed by atoms with Crippen LogP contribution in [0.2, 0.25) is 0 Å². The van der Waals surface area contributed by atoms with Crippen LogP contribution in [0.15, 0.2) is 60.3 Å². The van der Waals surface area contributed by atoms with Crippen molar-refractivity contribution in [1.29, 1.82) is 0 Å². The molecule has 6 heteroatoms. The summed E-state index contributed by atoms with van der Waals surface area (Å²) in [7, 11) is 0. The lowest BCUT2D eigenvalue weighted by atomic mass is 10.2. The van der Waals surface area contributed by atoms with Crippen molar-refractivity contribution in [2.24, 2.45) is 0 Å². The van der Waals surface area contributed by atoms with E-state index in [9.17, 15) is 14.4 Å². The smallest absolute Gasteiger partial charge is 0.272 e. The van der Waals surface area contributed by atoms with Crippen LogP contribution in [0.4, 0.5) is 11.4 Å². The van der Waals surface area contributed by atoms with E-state index in [0.29, 0.717) is 17.8 Å². The van der Waals surface area contributed by atoms with Crippen molar-refractivity contribution in [3.63, 3.8) is 0 Å². The number of benzene rings is 2. The predicted molar refractivity (Wildman–Crippen MR) is 102 cm³/mol. The summed E-state index contributed by atoms with van der Waals surface area (Å²) >= 11 is 0. The lowest BCUT2D eigenvalue weighted by Crippen LogP contribution is -2.28. The molecule has 0 heterocycles. The van der Waals surface area contributed by atoms with Crippen molar-refractivity contribution in [2.45, 2.75) is 20.3 Å². The fourth-order valence-electron chi connectivity index (χ4n) is 2.15. The van der Waals surface area contributed by atoms with E-state index in [1.807, 2.05) is 30.3 Å². The van der Waals surface area contributed by atoms with Crippen molar-refractivity contribution < 1.29 is 14.4 Å². The van der Waals surface area contributed by atoms with Gasteiger partial charge >= 0.3 is 0 Å². The normalized spacial score (nSPS) is 10.8. The summed E-state index contributed by atoms with van der Waals surface area (Å²) in [5, 5.41) is 8.01. The van der Waals surface area contributed by atoms with Gasteiger partial charge in [-0.2, -0.15) is 0 Å². The summed E-state index contributed by atoms with van der Waals surface area (Å²) < 4.78 is 0. The summed E-state index contributed by atoms with van der Waals surface area (Å²) in [6.07, 6.45) is 2.00. The fourth-order valence-corrected chi connectivity index (χ4v) is 2.15. The van der Waals surface area contributed by atoms with E-state index in [-0.39, 0.29) is 17.5 Å². The van der Waals surface area contributed by atoms with E-state index in [2.05, 4.69) is 16.0 Å². The Labute approximate surface area is 152 Å². The molecule has 0 aromatic heterocycles. The molecule has 26 heavy (non-hydrogen) atoms. The Morgan fingerprint density at radius 3 is 2.00 bits per heavy atom. The topological polar surface area (TPSA) is 87.3 Å². The Balaban J connectivity index is 2.12. The number of hydrogen-bond donors (Lipinski definition) is 3. The standard InChI is InChI=1S/C20H21N3O3/c1-3-19(25)22-16-9-11-17(12-10-16)23-20(26)18(21-14(2)24)13-15-7-5-4-6-8-15/h4-13H,3H2,1-2H3,(H,21,24)(H,22,25)(H,23,26)/b18-13-. The molecule has 6 nitrogen and oxygen atoms in total. The monoisotopic (exact) mass is 351 g/mol. The second-order valence-electron chi connectivity index (χ2n) is 5.58. The van der Waals surface area contributed by atoms with Crippen LogP contribution in [0, 0.1) is 0 Å². The van der Waals surface area contributed by atoms with Gasteiger partial charge < -0.3 is 16.0 Å². The zero-order valence-corrected chi connectivity index (χ0v) is 14.7. The molecule has 0 atom stereocenters. The van der Waals surface area contributed by atoms with Crippen LogP contribution in [0.3, 0.4) is 0 Å². The second-order valence-corrected chi connectivity index (χ2v) is 5.58. The van der Waals surface area contributed by atoms with Crippen LogP contribution < -0.4 is 16.0 Å². The fraction of sp³-hybridized carbons (Fsp3) is 0.150. The number of anilines is 2. The number of carbonyl (C=O) groups excluding carboxylic acids is 3. The number of amides is 3. The lowest BCUT2D eigenvalue weighted by Gasteiger charge is -2.11. The minimum atomic E-state index is -0.436. The highest BCUT2D eigenvalue weighted by Crippen LogP contribution is 2.15. The van der Waals surface area contributed by atoms with E-state index in [0.717, 1.165) is 5.56 Å². The molecule has 0 saturated carbocycles. The average molecular weight is 351 g/mol. The summed E-state index contributed by atoms with van der Waals surface area (Å²) in [6, 6.07) is 16.0. The summed E-state index contributed by atoms with van der Waals surface area (Å²) in [5.41, 5.74) is 2.14. The number of nitrogens with one attached hydrogen (secondary N) is 3. The quantitative estimate of drug-likeness (QED) is 0.699. The molecule has 2 aromatic rings. The van der Waals surface area contributed by atoms with Gasteiger partial charge in [0.15, 0.2) is 0 Å². The first kappa shape index (κ1) is 18.9. The molecule has 2 rings (SSSR count). The Hall–Kier alpha value is -3.41. The molecular weight excluding hydrogens is 330 g/mol. The van der Waals surface area contributed by atoms with E-state index in [1.54, 1.807) is 37.3 Å². The van der Waals surface area contributed by atoms with Gasteiger partial charge in [0.2, 0.25) is 11.8 Å². The van der Waals surface area contributed by atoms with Gasteiger partial charge in [-0.05, 0) is 35.9 Å². The van der Waals surface area contributed by atoms with E-state index >= 15 is 0 Å². The molecule has 0 radical (unpaired) electrons. The van der Waals surface area contributed by atoms with E-state index in [1.165, 1.54) is 6.92 Å². The lowest BCUT2D eigenvalue weighted by molar-refractivity contribution is -0.120. The molecule has 0 unspecified atom stereocenters. The Morgan fingerprint density at radius 2 is 1.46 bits per heavy atom. The Bertz CT molecular complexity index is 812. The first-order valence-corrected chi connectivity index (χ1v) is 8.23. The molecule has 0 bridgehead atoms. The summed E-state index contributed by atoms with van der Waals surface area (Å²) in [6.45, 7) is 3.11. The zero-order chi connectivity index (χ0) is 18.9. The molecule has 0 fully saturated rings. The first-order valence-electron chi connectivity index (χ1n) is 8.23. The van der Waals surface area contributed by atoms with Crippen molar-refractivity contribution in [3.8, 4) is 0 Å². The number of carbonyl (C=O) groups is 3. The third kappa shape index (κ3) is 5.90. The molecule has 0 saturated heterocycles. The molecule has 0 aliphatic rings. The molecule has 0 spiro atoms. The van der Waals surface area contributed by atoms with Crippen LogP contribution in [0.1, 0.15) is 25.8 Å². The third-order valence-electron chi connectivity index (χ3n) is 3.41. The van der Waals surface area contributed by atoms with Crippen LogP contribution in [0.25, 0.3) is 6.08 Å². The molecule has 3 N–H and O–H groups in total. The zero-order valence-electron chi connectivity index (χ0n) is 14.7. The van der Waals surface area contributed by atoms with Gasteiger partial charge in [-0.25, -0.2) is 0 Å². The van der Waals surface area contributed by atoms with Crippen molar-refractivity contribution in [3.05, 3.63) is 65.9 Å². The maximum Gasteiger partial charge on any atom is 0.272 e. The third-order valence-corrected chi connectivity index (χ3v) is 3.41. The van der Waals surface area contributed by atoms with Crippen molar-refractivity contribution in [1.82, 2.24) is 5.32 Å². The highest BCUT2D eigenvalue weighted by molar-refractivity contribution is 6.08. The van der Waals surface area contributed by atoms with Crippen molar-refractivity contribution >= 4 is 35.2 Å². The molecule has 2 aromatic carbocycles. The molecule has 0 aliphatic carbocycles. The summed E-state index contributed by atoms with van der Waals surface area (Å²) in [5.74, 6) is -0.852. The number of rotatable bonds is 6. The predicted octanol–water partition coefficient (Wildman–Crippen LogP) is 3.15. The minimum absolute atomic E-state index is 0.0828. The van der Waals surface area contributed by atoms with Crippen molar-refractivity contribution in [2.75, 3.05) is 10.6 Å². The average Bonchev–Trinajstić information content (AvgIpc) is 2.63. The van der Waals surface area contributed by atoms with Crippen LogP contribution in [-0.4, -0.2) is 17.7 Å². The van der Waals surface area contributed by atoms with Gasteiger partial charge in [0.1, 0.15) is 5.70 Å². The molecule has 0 aliphatic heterocycles. The SMILES string of the molecule is CCC(=O)Nc1ccc(NC(=O)/C(=C/c2ccccc2)NC(C)=O)cc1. The van der Waals surface area contributed by atoms with Gasteiger partial charge in [0.25, 0.3) is 5.91 Å². The largest absolute Gasteiger partial charge is 0.326 e.